The van der Waals surface area contributed by atoms with Crippen molar-refractivity contribution in [1.82, 2.24) is 38.5 Å². The second-order valence-corrected chi connectivity index (χ2v) is 15.3. The first-order valence-corrected chi connectivity index (χ1v) is 19.1. The highest BCUT2D eigenvalue weighted by molar-refractivity contribution is 6.08. The number of alkyl halides is 2. The lowest BCUT2D eigenvalue weighted by atomic mass is 9.85. The summed E-state index contributed by atoms with van der Waals surface area (Å²) >= 11 is 0. The van der Waals surface area contributed by atoms with Gasteiger partial charge in [0.15, 0.2) is 5.69 Å². The van der Waals surface area contributed by atoms with Gasteiger partial charge in [-0.25, -0.2) is 18.6 Å². The van der Waals surface area contributed by atoms with Gasteiger partial charge in [0.25, 0.3) is 12.3 Å². The lowest BCUT2D eigenvalue weighted by Gasteiger charge is -2.40. The number of nitrogens with one attached hydrogen (secondary N) is 2. The Balaban J connectivity index is 0.869. The van der Waals surface area contributed by atoms with Crippen LogP contribution in [0.2, 0.25) is 0 Å². The summed E-state index contributed by atoms with van der Waals surface area (Å²) in [6.07, 6.45) is 7.97. The molecule has 3 amide bonds. The molecule has 8 rings (SSSR count). The molecular weight excluding hydrogens is 710 g/mol. The summed E-state index contributed by atoms with van der Waals surface area (Å²) in [5.74, 6) is -0.796. The fourth-order valence-corrected chi connectivity index (χ4v) is 8.95. The van der Waals surface area contributed by atoms with Gasteiger partial charge in [-0.05, 0) is 89.1 Å². The van der Waals surface area contributed by atoms with Crippen molar-refractivity contribution in [3.63, 3.8) is 0 Å². The number of halogens is 2. The van der Waals surface area contributed by atoms with Crippen molar-refractivity contribution in [3.8, 4) is 0 Å². The fourth-order valence-electron chi connectivity index (χ4n) is 8.95. The van der Waals surface area contributed by atoms with Crippen LogP contribution in [-0.4, -0.2) is 83.6 Å². The van der Waals surface area contributed by atoms with Gasteiger partial charge < -0.3 is 19.5 Å². The van der Waals surface area contributed by atoms with Crippen LogP contribution in [0.15, 0.2) is 53.7 Å². The van der Waals surface area contributed by atoms with Crippen molar-refractivity contribution in [3.05, 3.63) is 76.4 Å². The van der Waals surface area contributed by atoms with Crippen molar-refractivity contribution in [2.45, 2.75) is 82.8 Å². The van der Waals surface area contributed by atoms with Crippen molar-refractivity contribution in [2.24, 2.45) is 13.0 Å². The average Bonchev–Trinajstić information content (AvgIpc) is 3.87. The summed E-state index contributed by atoms with van der Waals surface area (Å²) in [6, 6.07) is 8.92. The molecule has 1 atom stereocenters. The number of benzene rings is 1. The van der Waals surface area contributed by atoms with E-state index in [1.54, 1.807) is 45.4 Å². The van der Waals surface area contributed by atoms with Crippen LogP contribution in [0.5, 0.6) is 0 Å². The quantitative estimate of drug-likeness (QED) is 0.200. The predicted molar refractivity (Wildman–Crippen MR) is 203 cm³/mol. The smallest absolute Gasteiger partial charge is 0.329 e. The third kappa shape index (κ3) is 6.80. The van der Waals surface area contributed by atoms with E-state index in [4.69, 9.17) is 0 Å². The summed E-state index contributed by atoms with van der Waals surface area (Å²) in [5, 5.41) is 9.31. The van der Waals surface area contributed by atoms with Gasteiger partial charge in [-0.1, -0.05) is 6.07 Å². The Morgan fingerprint density at radius 1 is 1.04 bits per heavy atom. The molecule has 3 aliphatic rings. The minimum Gasteiger partial charge on any atom is -0.370 e. The summed E-state index contributed by atoms with van der Waals surface area (Å²) < 4.78 is 34.8. The van der Waals surface area contributed by atoms with Gasteiger partial charge in [0.05, 0.1) is 34.0 Å². The fraction of sp³-hybridized carbons (Fsp3) is 0.487. The number of anilines is 2. The number of hydrogen-bond donors (Lipinski definition) is 2. The molecule has 2 aliphatic heterocycles. The molecule has 0 bridgehead atoms. The Labute approximate surface area is 316 Å². The van der Waals surface area contributed by atoms with Crippen LogP contribution >= 0.6 is 0 Å². The number of aryl methyl sites for hydroxylation is 2. The van der Waals surface area contributed by atoms with Crippen LogP contribution in [0.4, 0.5) is 20.2 Å². The lowest BCUT2D eigenvalue weighted by Crippen LogP contribution is -2.45. The minimum absolute atomic E-state index is 0.0190. The summed E-state index contributed by atoms with van der Waals surface area (Å²) in [6.45, 7) is 4.48. The average molecular weight is 757 g/mol. The van der Waals surface area contributed by atoms with E-state index in [9.17, 15) is 28.0 Å². The third-order valence-electron chi connectivity index (χ3n) is 12.0. The summed E-state index contributed by atoms with van der Waals surface area (Å²) in [4.78, 5) is 60.2. The van der Waals surface area contributed by atoms with Gasteiger partial charge in [-0.3, -0.25) is 33.5 Å². The third-order valence-corrected chi connectivity index (χ3v) is 12.0. The molecular formula is C39H46F2N10O4. The highest BCUT2D eigenvalue weighted by Crippen LogP contribution is 2.37. The monoisotopic (exact) mass is 756 g/mol. The molecule has 1 aromatic carbocycles. The zero-order chi connectivity index (χ0) is 38.5. The number of fused-ring (bicyclic) bond motifs is 2. The normalized spacial score (nSPS) is 21.3. The number of aromatic nitrogens is 6. The Bertz CT molecular complexity index is 2330. The predicted octanol–water partition coefficient (Wildman–Crippen LogP) is 4.99. The molecule has 55 heavy (non-hydrogen) atoms. The molecule has 2 saturated heterocycles. The topological polar surface area (TPSA) is 144 Å². The molecule has 290 valence electrons. The lowest BCUT2D eigenvalue weighted by molar-refractivity contribution is -0.135. The number of rotatable bonds is 9. The van der Waals surface area contributed by atoms with Crippen molar-refractivity contribution in [1.29, 1.82) is 0 Å². The zero-order valence-electron chi connectivity index (χ0n) is 31.3. The Morgan fingerprint density at radius 2 is 1.80 bits per heavy atom. The number of piperidine rings is 2. The van der Waals surface area contributed by atoms with E-state index in [1.165, 1.54) is 4.57 Å². The molecule has 6 heterocycles. The van der Waals surface area contributed by atoms with E-state index in [-0.39, 0.29) is 29.7 Å². The second kappa shape index (κ2) is 14.7. The number of hydrogen-bond acceptors (Lipinski definition) is 8. The van der Waals surface area contributed by atoms with Crippen LogP contribution in [0.1, 0.15) is 91.6 Å². The van der Waals surface area contributed by atoms with E-state index in [0.717, 1.165) is 75.1 Å². The highest BCUT2D eigenvalue weighted by Gasteiger charge is 2.34. The van der Waals surface area contributed by atoms with Gasteiger partial charge in [0, 0.05) is 63.4 Å². The first-order valence-electron chi connectivity index (χ1n) is 19.1. The Morgan fingerprint density at radius 3 is 2.53 bits per heavy atom. The number of carbonyl (C=O) groups is 3. The first-order chi connectivity index (χ1) is 26.5. The molecule has 2 N–H and O–H groups in total. The van der Waals surface area contributed by atoms with Crippen molar-refractivity contribution >= 4 is 45.8 Å². The number of para-hydroxylation sites is 1. The molecule has 1 aliphatic carbocycles. The van der Waals surface area contributed by atoms with E-state index >= 15 is 0 Å². The van der Waals surface area contributed by atoms with E-state index in [2.05, 4.69) is 37.6 Å². The van der Waals surface area contributed by atoms with Crippen LogP contribution < -0.4 is 21.2 Å². The molecule has 14 nitrogen and oxygen atoms in total. The van der Waals surface area contributed by atoms with E-state index in [0.29, 0.717) is 35.1 Å². The van der Waals surface area contributed by atoms with Gasteiger partial charge >= 0.3 is 5.69 Å². The Kier molecular flexibility index (Phi) is 9.78. The zero-order valence-corrected chi connectivity index (χ0v) is 31.3. The van der Waals surface area contributed by atoms with E-state index in [1.807, 2.05) is 31.2 Å². The molecule has 4 aromatic heterocycles. The van der Waals surface area contributed by atoms with Gasteiger partial charge in [-0.15, -0.1) is 0 Å². The minimum atomic E-state index is -2.84. The maximum atomic E-state index is 14.1. The van der Waals surface area contributed by atoms with Crippen LogP contribution in [0, 0.1) is 12.8 Å². The van der Waals surface area contributed by atoms with Crippen LogP contribution in [0.3, 0.4) is 0 Å². The molecule has 5 aromatic rings. The highest BCUT2D eigenvalue weighted by atomic mass is 19.3. The van der Waals surface area contributed by atoms with E-state index < -0.39 is 30.0 Å². The number of carbonyl (C=O) groups excluding carboxylic acids is 3. The molecule has 16 heteroatoms. The summed E-state index contributed by atoms with van der Waals surface area (Å²) in [5.41, 5.74) is 3.42. The van der Waals surface area contributed by atoms with Gasteiger partial charge in [0.1, 0.15) is 11.7 Å². The van der Waals surface area contributed by atoms with Crippen LogP contribution in [-0.2, 0) is 16.6 Å². The molecule has 1 saturated carbocycles. The number of amides is 3. The molecule has 1 unspecified atom stereocenters. The van der Waals surface area contributed by atoms with Gasteiger partial charge in [-0.2, -0.15) is 5.10 Å². The number of imidazole rings is 1. The van der Waals surface area contributed by atoms with Crippen molar-refractivity contribution in [2.75, 3.05) is 36.9 Å². The van der Waals surface area contributed by atoms with Crippen molar-refractivity contribution < 1.29 is 23.2 Å². The maximum Gasteiger partial charge on any atom is 0.329 e. The van der Waals surface area contributed by atoms with Gasteiger partial charge in [0.2, 0.25) is 11.8 Å². The first kappa shape index (κ1) is 36.6. The Hall–Kier alpha value is -5.38. The number of nitrogens with zero attached hydrogens (tertiary/aromatic N) is 8. The SMILES string of the molecule is Cc1ccnc2c(C(=O)Nc3cn(C4CCC(CN(C)C5CCN(c6cccc7c6n(C)c(=O)n7C6CCC(=O)NC6=O)CC5)CC4)nc3C(F)F)ccn12. The molecule has 3 fully saturated rings. The standard InChI is InChI=1S/C39H46F2N10O4/c1-23-13-17-42-36-27(16-20-49(23)36)37(53)43-28-22-50(45-33(28)35(40)41)26-9-7-24(8-10-26)21-46(2)25-14-18-48(19-15-25)29-5-4-6-30-34(29)47(3)39(55)51(30)31-11-12-32(52)44-38(31)54/h4-6,13,16-17,20,22,24-26,31,35H,7-12,14-15,18-19,21H2,1-3H3,(H,43,53)(H,44,52,54). The molecule has 0 radical (unpaired) electrons. The maximum absolute atomic E-state index is 14.1. The second-order valence-electron chi connectivity index (χ2n) is 15.3. The molecule has 0 spiro atoms. The number of imide groups is 1. The van der Waals surface area contributed by atoms with Crippen LogP contribution in [0.25, 0.3) is 16.7 Å². The largest absolute Gasteiger partial charge is 0.370 e. The summed E-state index contributed by atoms with van der Waals surface area (Å²) in [7, 11) is 3.91.